The molecule has 0 aromatic heterocycles. The molecule has 0 aliphatic carbocycles. The average Bonchev–Trinajstić information content (AvgIpc) is 3.36. The van der Waals surface area contributed by atoms with Crippen molar-refractivity contribution in [3.05, 3.63) is 29.8 Å². The van der Waals surface area contributed by atoms with Crippen molar-refractivity contribution in [3.8, 4) is 5.75 Å². The van der Waals surface area contributed by atoms with Gasteiger partial charge in [0.25, 0.3) is 0 Å². The zero-order valence-corrected chi connectivity index (χ0v) is 21.6. The SMILES string of the molecule is CC(C)C[C@H](N)C(=O)N[C@@H](Cc1ccc(O)cc1)C(=O)NCC(=O)N1CCC[C@H]1C(=O)N[C@@H](CO)C(=O)O. The molecule has 2 rings (SSSR count). The van der Waals surface area contributed by atoms with Crippen molar-refractivity contribution in [2.24, 2.45) is 11.7 Å². The number of nitrogens with zero attached hydrogens (tertiary/aromatic N) is 1. The maximum atomic E-state index is 13.0. The van der Waals surface area contributed by atoms with Crippen LogP contribution < -0.4 is 21.7 Å². The third kappa shape index (κ3) is 8.99. The number of carbonyl (C=O) groups excluding carboxylic acids is 4. The number of carbonyl (C=O) groups is 5. The summed E-state index contributed by atoms with van der Waals surface area (Å²) >= 11 is 0. The lowest BCUT2D eigenvalue weighted by molar-refractivity contribution is -0.144. The summed E-state index contributed by atoms with van der Waals surface area (Å²) in [7, 11) is 0. The van der Waals surface area contributed by atoms with Crippen LogP contribution in [-0.2, 0) is 30.4 Å². The molecule has 1 saturated heterocycles. The standard InChI is InChI=1S/C25H37N5O8/c1-14(2)10-17(26)22(34)28-18(11-15-5-7-16(32)8-6-15)23(35)27-12-21(33)30-9-3-4-20(30)24(36)29-19(13-31)25(37)38/h5-8,14,17-20,31-32H,3-4,9-13,26H2,1-2H3,(H,27,35)(H,28,34)(H,29,36)(H,37,38)/t17-,18-,19-,20-/m0/s1. The van der Waals surface area contributed by atoms with Crippen molar-refractivity contribution in [2.45, 2.75) is 63.7 Å². The Balaban J connectivity index is 2.05. The molecule has 0 saturated carbocycles. The molecule has 13 nitrogen and oxygen atoms in total. The van der Waals surface area contributed by atoms with Crippen molar-refractivity contribution in [1.82, 2.24) is 20.9 Å². The number of benzene rings is 1. The van der Waals surface area contributed by atoms with Gasteiger partial charge in [-0.15, -0.1) is 0 Å². The lowest BCUT2D eigenvalue weighted by atomic mass is 10.0. The first-order valence-electron chi connectivity index (χ1n) is 12.5. The molecule has 38 heavy (non-hydrogen) atoms. The Morgan fingerprint density at radius 2 is 1.71 bits per heavy atom. The number of aliphatic hydroxyl groups excluding tert-OH is 1. The quantitative estimate of drug-likeness (QED) is 0.156. The van der Waals surface area contributed by atoms with Crippen molar-refractivity contribution < 1.29 is 39.3 Å². The van der Waals surface area contributed by atoms with Crippen LogP contribution in [0, 0.1) is 5.92 Å². The predicted molar refractivity (Wildman–Crippen MR) is 136 cm³/mol. The van der Waals surface area contributed by atoms with Gasteiger partial charge in [0.1, 0.15) is 23.9 Å². The first kappa shape index (κ1) is 30.5. The van der Waals surface area contributed by atoms with Gasteiger partial charge in [0.05, 0.1) is 19.2 Å². The van der Waals surface area contributed by atoms with E-state index in [-0.39, 0.29) is 24.6 Å². The summed E-state index contributed by atoms with van der Waals surface area (Å²) in [6.45, 7) is 2.81. The summed E-state index contributed by atoms with van der Waals surface area (Å²) in [6, 6.07) is 1.78. The maximum absolute atomic E-state index is 13.0. The fourth-order valence-corrected chi connectivity index (χ4v) is 4.15. The van der Waals surface area contributed by atoms with Gasteiger partial charge in [0.15, 0.2) is 0 Å². The second kappa shape index (κ2) is 14.3. The van der Waals surface area contributed by atoms with Crippen LogP contribution in [0.5, 0.6) is 5.75 Å². The number of aliphatic hydroxyl groups is 1. The number of aliphatic carboxylic acids is 1. The van der Waals surface area contributed by atoms with E-state index < -0.39 is 66.9 Å². The normalized spacial score (nSPS) is 17.4. The van der Waals surface area contributed by atoms with Crippen LogP contribution in [0.25, 0.3) is 0 Å². The smallest absolute Gasteiger partial charge is 0.328 e. The number of carboxylic acids is 1. The number of amides is 4. The lowest BCUT2D eigenvalue weighted by Gasteiger charge is -2.26. The lowest BCUT2D eigenvalue weighted by Crippen LogP contribution is -2.55. The molecule has 1 aliphatic rings. The highest BCUT2D eigenvalue weighted by atomic mass is 16.4. The second-order valence-corrected chi connectivity index (χ2v) is 9.71. The highest BCUT2D eigenvalue weighted by Crippen LogP contribution is 2.18. The molecule has 210 valence electrons. The zero-order valence-electron chi connectivity index (χ0n) is 21.6. The Kier molecular flexibility index (Phi) is 11.5. The van der Waals surface area contributed by atoms with E-state index in [4.69, 9.17) is 15.9 Å². The first-order valence-corrected chi connectivity index (χ1v) is 12.5. The van der Waals surface area contributed by atoms with Crippen molar-refractivity contribution >= 4 is 29.6 Å². The van der Waals surface area contributed by atoms with Crippen LogP contribution >= 0.6 is 0 Å². The van der Waals surface area contributed by atoms with Crippen LogP contribution in [0.4, 0.5) is 0 Å². The zero-order chi connectivity index (χ0) is 28.4. The number of phenolic OH excluding ortho intramolecular Hbond substituents is 1. The first-order chi connectivity index (χ1) is 17.9. The number of hydrogen-bond donors (Lipinski definition) is 7. The van der Waals surface area contributed by atoms with Gasteiger partial charge < -0.3 is 41.9 Å². The summed E-state index contributed by atoms with van der Waals surface area (Å²) in [6.07, 6.45) is 1.29. The fraction of sp³-hybridized carbons (Fsp3) is 0.560. The third-order valence-corrected chi connectivity index (χ3v) is 6.16. The van der Waals surface area contributed by atoms with Crippen LogP contribution in [0.2, 0.25) is 0 Å². The van der Waals surface area contributed by atoms with E-state index >= 15 is 0 Å². The Labute approximate surface area is 220 Å². The van der Waals surface area contributed by atoms with Gasteiger partial charge in [-0.25, -0.2) is 4.79 Å². The minimum atomic E-state index is -1.49. The van der Waals surface area contributed by atoms with Crippen LogP contribution in [0.3, 0.4) is 0 Å². The minimum Gasteiger partial charge on any atom is -0.508 e. The number of nitrogens with one attached hydrogen (secondary N) is 3. The largest absolute Gasteiger partial charge is 0.508 e. The van der Waals surface area contributed by atoms with Gasteiger partial charge in [0, 0.05) is 13.0 Å². The Morgan fingerprint density at radius 1 is 1.05 bits per heavy atom. The molecule has 13 heteroatoms. The van der Waals surface area contributed by atoms with Crippen LogP contribution in [0.1, 0.15) is 38.7 Å². The Morgan fingerprint density at radius 3 is 2.29 bits per heavy atom. The molecular formula is C25H37N5O8. The van der Waals surface area contributed by atoms with Gasteiger partial charge in [0.2, 0.25) is 23.6 Å². The number of likely N-dealkylation sites (tertiary alicyclic amines) is 1. The number of rotatable bonds is 13. The van der Waals surface area contributed by atoms with Gasteiger partial charge in [-0.3, -0.25) is 19.2 Å². The van der Waals surface area contributed by atoms with Crippen molar-refractivity contribution in [1.29, 1.82) is 0 Å². The van der Waals surface area contributed by atoms with E-state index in [2.05, 4.69) is 16.0 Å². The molecule has 4 atom stereocenters. The summed E-state index contributed by atoms with van der Waals surface area (Å²) in [4.78, 5) is 63.4. The van der Waals surface area contributed by atoms with Gasteiger partial charge in [-0.05, 0) is 42.9 Å². The highest BCUT2D eigenvalue weighted by molar-refractivity contribution is 5.94. The second-order valence-electron chi connectivity index (χ2n) is 9.71. The van der Waals surface area contributed by atoms with Gasteiger partial charge in [-0.1, -0.05) is 26.0 Å². The van der Waals surface area contributed by atoms with E-state index in [1.54, 1.807) is 12.1 Å². The van der Waals surface area contributed by atoms with Gasteiger partial charge in [-0.2, -0.15) is 0 Å². The molecule has 1 aromatic rings. The van der Waals surface area contributed by atoms with Crippen molar-refractivity contribution in [3.63, 3.8) is 0 Å². The number of carboxylic acid groups (broad SMARTS) is 1. The monoisotopic (exact) mass is 535 g/mol. The average molecular weight is 536 g/mol. The molecule has 0 bridgehead atoms. The predicted octanol–water partition coefficient (Wildman–Crippen LogP) is -1.54. The van der Waals surface area contributed by atoms with Crippen LogP contribution in [-0.4, -0.2) is 93.7 Å². The Hall–Kier alpha value is -3.71. The van der Waals surface area contributed by atoms with E-state index in [0.29, 0.717) is 24.8 Å². The maximum Gasteiger partial charge on any atom is 0.328 e. The summed E-state index contributed by atoms with van der Waals surface area (Å²) in [5.41, 5.74) is 6.62. The Bertz CT molecular complexity index is 1000. The number of hydrogen-bond acceptors (Lipinski definition) is 8. The molecule has 8 N–H and O–H groups in total. The number of phenols is 1. The molecule has 0 unspecified atom stereocenters. The molecule has 1 aliphatic heterocycles. The summed E-state index contributed by atoms with van der Waals surface area (Å²) in [5, 5.41) is 35.1. The molecule has 0 radical (unpaired) electrons. The third-order valence-electron chi connectivity index (χ3n) is 6.16. The van der Waals surface area contributed by atoms with E-state index in [1.807, 2.05) is 13.8 Å². The molecule has 4 amide bonds. The molecule has 1 fully saturated rings. The minimum absolute atomic E-state index is 0.0428. The highest BCUT2D eigenvalue weighted by Gasteiger charge is 2.36. The molecule has 1 aromatic carbocycles. The van der Waals surface area contributed by atoms with Crippen LogP contribution in [0.15, 0.2) is 24.3 Å². The number of aromatic hydroxyl groups is 1. The number of nitrogens with two attached hydrogens (primary N) is 1. The topological polar surface area (TPSA) is 211 Å². The molecule has 0 spiro atoms. The molecule has 1 heterocycles. The van der Waals surface area contributed by atoms with E-state index in [0.717, 1.165) is 0 Å². The van der Waals surface area contributed by atoms with Crippen molar-refractivity contribution in [2.75, 3.05) is 19.7 Å². The fourth-order valence-electron chi connectivity index (χ4n) is 4.15. The summed E-state index contributed by atoms with van der Waals surface area (Å²) in [5.74, 6) is -3.62. The van der Waals surface area contributed by atoms with E-state index in [9.17, 15) is 29.1 Å². The van der Waals surface area contributed by atoms with Gasteiger partial charge >= 0.3 is 5.97 Å². The molecular weight excluding hydrogens is 498 g/mol. The van der Waals surface area contributed by atoms with E-state index in [1.165, 1.54) is 17.0 Å². The summed E-state index contributed by atoms with van der Waals surface area (Å²) < 4.78 is 0.